The second kappa shape index (κ2) is 11.2. The lowest BCUT2D eigenvalue weighted by atomic mass is 9.93. The monoisotopic (exact) mass is 469 g/mol. The maximum atomic E-state index is 12.4. The van der Waals surface area contributed by atoms with E-state index in [1.54, 1.807) is 24.3 Å². The number of hydrogen-bond acceptors (Lipinski definition) is 6. The SMILES string of the molecule is Cc1ccc(OCC(=O)NC(CCCNC(N)=O)C(=O)O)c(C2Cc3ccccc3C(=O)O2)c1. The van der Waals surface area contributed by atoms with E-state index < -0.39 is 42.6 Å². The van der Waals surface area contributed by atoms with Crippen LogP contribution in [0.4, 0.5) is 4.79 Å². The van der Waals surface area contributed by atoms with Gasteiger partial charge in [-0.2, -0.15) is 0 Å². The fraction of sp³-hybridized carbons (Fsp3) is 0.333. The number of hydrogen-bond donors (Lipinski definition) is 4. The van der Waals surface area contributed by atoms with Crippen LogP contribution in [0.3, 0.4) is 0 Å². The largest absolute Gasteiger partial charge is 0.483 e. The summed E-state index contributed by atoms with van der Waals surface area (Å²) < 4.78 is 11.3. The number of fused-ring (bicyclic) bond motifs is 1. The van der Waals surface area contributed by atoms with Crippen LogP contribution in [0.25, 0.3) is 0 Å². The van der Waals surface area contributed by atoms with E-state index in [9.17, 15) is 24.3 Å². The predicted molar refractivity (Wildman–Crippen MR) is 121 cm³/mol. The minimum Gasteiger partial charge on any atom is -0.483 e. The summed E-state index contributed by atoms with van der Waals surface area (Å²) in [7, 11) is 0. The molecule has 3 rings (SSSR count). The number of esters is 1. The average molecular weight is 469 g/mol. The predicted octanol–water partition coefficient (Wildman–Crippen LogP) is 1.85. The molecular formula is C24H27N3O7. The number of carboxylic acid groups (broad SMARTS) is 1. The van der Waals surface area contributed by atoms with Crippen LogP contribution in [-0.2, 0) is 20.7 Å². The maximum Gasteiger partial charge on any atom is 0.339 e. The Kier molecular flexibility index (Phi) is 8.07. The van der Waals surface area contributed by atoms with Crippen molar-refractivity contribution in [3.8, 4) is 5.75 Å². The number of cyclic esters (lactones) is 1. The smallest absolute Gasteiger partial charge is 0.339 e. The second-order valence-corrected chi connectivity index (χ2v) is 7.98. The highest BCUT2D eigenvalue weighted by Gasteiger charge is 2.29. The molecule has 0 radical (unpaired) electrons. The summed E-state index contributed by atoms with van der Waals surface area (Å²) in [6.07, 6.45) is 0.311. The van der Waals surface area contributed by atoms with E-state index in [0.717, 1.165) is 11.1 Å². The fourth-order valence-corrected chi connectivity index (χ4v) is 3.71. The number of primary amides is 1. The number of nitrogens with two attached hydrogens (primary N) is 1. The number of urea groups is 1. The zero-order chi connectivity index (χ0) is 24.7. The molecule has 10 nitrogen and oxygen atoms in total. The van der Waals surface area contributed by atoms with Gasteiger partial charge in [0.2, 0.25) is 0 Å². The highest BCUT2D eigenvalue weighted by Crippen LogP contribution is 2.35. The lowest BCUT2D eigenvalue weighted by molar-refractivity contribution is -0.142. The van der Waals surface area contributed by atoms with Crippen molar-refractivity contribution in [2.45, 2.75) is 38.3 Å². The number of amides is 3. The van der Waals surface area contributed by atoms with Gasteiger partial charge in [-0.05, 0) is 43.5 Å². The molecule has 3 amide bonds. The number of carboxylic acids is 1. The van der Waals surface area contributed by atoms with Gasteiger partial charge in [-0.15, -0.1) is 0 Å². The van der Waals surface area contributed by atoms with E-state index in [-0.39, 0.29) is 13.0 Å². The summed E-state index contributed by atoms with van der Waals surface area (Å²) in [5, 5.41) is 14.1. The first-order valence-corrected chi connectivity index (χ1v) is 10.8. The highest BCUT2D eigenvalue weighted by molar-refractivity contribution is 5.92. The molecule has 0 bridgehead atoms. The van der Waals surface area contributed by atoms with E-state index in [1.165, 1.54) is 0 Å². The van der Waals surface area contributed by atoms with Crippen molar-refractivity contribution in [2.24, 2.45) is 5.73 Å². The van der Waals surface area contributed by atoms with E-state index in [2.05, 4.69) is 10.6 Å². The molecule has 0 aromatic heterocycles. The molecule has 10 heteroatoms. The number of carbonyl (C=O) groups is 4. The van der Waals surface area contributed by atoms with Crippen molar-refractivity contribution < 1.29 is 33.8 Å². The van der Waals surface area contributed by atoms with Crippen LogP contribution >= 0.6 is 0 Å². The van der Waals surface area contributed by atoms with E-state index in [1.807, 2.05) is 25.1 Å². The molecule has 2 unspecified atom stereocenters. The maximum absolute atomic E-state index is 12.4. The Bertz CT molecular complexity index is 1090. The topological polar surface area (TPSA) is 157 Å². The standard InChI is InChI=1S/C24H27N3O7/c1-14-8-9-19(17(11-14)20-12-15-5-2-3-6-16(15)23(31)34-20)33-13-21(28)27-18(22(29)30)7-4-10-26-24(25)32/h2-3,5-6,8-9,11,18,20H,4,7,10,12-13H2,1H3,(H,27,28)(H,29,30)(H3,25,26,32). The zero-order valence-corrected chi connectivity index (χ0v) is 18.7. The minimum atomic E-state index is -1.20. The summed E-state index contributed by atoms with van der Waals surface area (Å²) in [6.45, 7) is 1.67. The molecule has 34 heavy (non-hydrogen) atoms. The summed E-state index contributed by atoms with van der Waals surface area (Å²) >= 11 is 0. The van der Waals surface area contributed by atoms with Gasteiger partial charge in [0.1, 0.15) is 17.9 Å². The van der Waals surface area contributed by atoms with Crippen molar-refractivity contribution in [3.05, 3.63) is 64.7 Å². The van der Waals surface area contributed by atoms with Gasteiger partial charge in [0, 0.05) is 18.5 Å². The number of aliphatic carboxylic acids is 1. The molecule has 5 N–H and O–H groups in total. The highest BCUT2D eigenvalue weighted by atomic mass is 16.5. The number of carbonyl (C=O) groups excluding carboxylic acids is 3. The van der Waals surface area contributed by atoms with Crippen molar-refractivity contribution >= 4 is 23.9 Å². The third-order valence-electron chi connectivity index (χ3n) is 5.36. The molecule has 1 heterocycles. The number of rotatable bonds is 10. The first-order valence-electron chi connectivity index (χ1n) is 10.8. The van der Waals surface area contributed by atoms with Crippen LogP contribution in [0.15, 0.2) is 42.5 Å². The van der Waals surface area contributed by atoms with Gasteiger partial charge in [0.25, 0.3) is 5.91 Å². The second-order valence-electron chi connectivity index (χ2n) is 7.98. The van der Waals surface area contributed by atoms with Gasteiger partial charge in [-0.3, -0.25) is 4.79 Å². The third kappa shape index (κ3) is 6.47. The Balaban J connectivity index is 1.64. The molecule has 0 aliphatic carbocycles. The molecule has 2 aromatic carbocycles. The van der Waals surface area contributed by atoms with Crippen molar-refractivity contribution in [3.63, 3.8) is 0 Å². The molecule has 1 aliphatic rings. The van der Waals surface area contributed by atoms with Crippen molar-refractivity contribution in [1.82, 2.24) is 10.6 Å². The van der Waals surface area contributed by atoms with Gasteiger partial charge in [-0.1, -0.05) is 29.8 Å². The van der Waals surface area contributed by atoms with Gasteiger partial charge in [0.05, 0.1) is 5.56 Å². The molecule has 2 atom stereocenters. The Labute approximate surface area is 196 Å². The van der Waals surface area contributed by atoms with Crippen LogP contribution < -0.4 is 21.1 Å². The number of ether oxygens (including phenoxy) is 2. The van der Waals surface area contributed by atoms with Gasteiger partial charge >= 0.3 is 18.0 Å². The first-order chi connectivity index (χ1) is 16.2. The van der Waals surface area contributed by atoms with Gasteiger partial charge < -0.3 is 30.9 Å². The van der Waals surface area contributed by atoms with Crippen molar-refractivity contribution in [2.75, 3.05) is 13.2 Å². The lowest BCUT2D eigenvalue weighted by Crippen LogP contribution is -2.43. The summed E-state index contributed by atoms with van der Waals surface area (Å²) in [5.41, 5.74) is 7.92. The van der Waals surface area contributed by atoms with Crippen LogP contribution in [0.5, 0.6) is 5.75 Å². The number of nitrogens with one attached hydrogen (secondary N) is 2. The summed E-state index contributed by atoms with van der Waals surface area (Å²) in [4.78, 5) is 47.0. The molecule has 0 saturated carbocycles. The molecule has 2 aromatic rings. The first kappa shape index (κ1) is 24.6. The minimum absolute atomic E-state index is 0.106. The zero-order valence-electron chi connectivity index (χ0n) is 18.7. The number of aryl methyl sites for hydroxylation is 1. The van der Waals surface area contributed by atoms with Crippen LogP contribution in [-0.4, -0.2) is 48.2 Å². The Morgan fingerprint density at radius 1 is 1.24 bits per heavy atom. The molecule has 0 saturated heterocycles. The molecular weight excluding hydrogens is 442 g/mol. The van der Waals surface area contributed by atoms with Crippen LogP contribution in [0.2, 0.25) is 0 Å². The molecule has 1 aliphatic heterocycles. The van der Waals surface area contributed by atoms with Gasteiger partial charge in [0.15, 0.2) is 6.61 Å². The van der Waals surface area contributed by atoms with Crippen LogP contribution in [0, 0.1) is 6.92 Å². The quantitative estimate of drug-likeness (QED) is 0.305. The van der Waals surface area contributed by atoms with E-state index >= 15 is 0 Å². The summed E-state index contributed by atoms with van der Waals surface area (Å²) in [5.74, 6) is -1.87. The number of benzene rings is 2. The normalized spacial score (nSPS) is 15.4. The molecule has 180 valence electrons. The van der Waals surface area contributed by atoms with Crippen molar-refractivity contribution in [1.29, 1.82) is 0 Å². The molecule has 0 spiro atoms. The molecule has 0 fully saturated rings. The third-order valence-corrected chi connectivity index (χ3v) is 5.36. The van der Waals surface area contributed by atoms with Crippen LogP contribution in [0.1, 0.15) is 46.0 Å². The Morgan fingerprint density at radius 2 is 2.00 bits per heavy atom. The Morgan fingerprint density at radius 3 is 2.74 bits per heavy atom. The Hall–Kier alpha value is -4.08. The van der Waals surface area contributed by atoms with E-state index in [0.29, 0.717) is 29.7 Å². The average Bonchev–Trinajstić information content (AvgIpc) is 2.79. The van der Waals surface area contributed by atoms with E-state index in [4.69, 9.17) is 15.2 Å². The summed E-state index contributed by atoms with van der Waals surface area (Å²) in [6, 6.07) is 10.7. The fourth-order valence-electron chi connectivity index (χ4n) is 3.71. The van der Waals surface area contributed by atoms with Gasteiger partial charge in [-0.25, -0.2) is 14.4 Å². The lowest BCUT2D eigenvalue weighted by Gasteiger charge is -2.26.